The molecule has 0 aliphatic rings. The Morgan fingerprint density at radius 2 is 0.282 bits per heavy atom. The molecule has 0 saturated heterocycles. The summed E-state index contributed by atoms with van der Waals surface area (Å²) in [4.78, 5) is 41.2. The molecule has 0 spiro atoms. The first-order valence-electron chi connectivity index (χ1n) is 36.3. The summed E-state index contributed by atoms with van der Waals surface area (Å²) in [6.07, 6.45) is 67.7. The number of rotatable bonds is 64. The predicted octanol–water partition coefficient (Wildman–Crippen LogP) is 15.5. The van der Waals surface area contributed by atoms with Gasteiger partial charge in [0.15, 0.2) is 0 Å². The van der Waals surface area contributed by atoms with Crippen LogP contribution in [0.3, 0.4) is 0 Å². The van der Waals surface area contributed by atoms with Gasteiger partial charge in [0.2, 0.25) is 0 Å². The Balaban J connectivity index is -0.000000333. The minimum absolute atomic E-state index is 0. The molecule has 85 heavy (non-hydrogen) atoms. The summed E-state index contributed by atoms with van der Waals surface area (Å²) in [5.41, 5.74) is 0. The minimum Gasteiger partial charge on any atom is -0.547 e. The van der Waals surface area contributed by atoms with E-state index in [0.29, 0.717) is 25.7 Å². The molecule has 4 unspecified atom stereocenters. The molecule has 0 heterocycles. The van der Waals surface area contributed by atoms with Crippen LogP contribution in [-0.4, -0.2) is 96.0 Å². The monoisotopic (exact) mass is 1410 g/mol. The van der Waals surface area contributed by atoms with Gasteiger partial charge in [-0.05, 0) is 25.7 Å². The number of carboxylic acid groups (broad SMARTS) is 4. The zero-order valence-electron chi connectivity index (χ0n) is 56.3. The Morgan fingerprint density at radius 1 is 0.200 bits per heavy atom. The van der Waals surface area contributed by atoms with Crippen LogP contribution in [-0.2, 0) is 19.2 Å². The molecule has 0 rings (SSSR count). The Labute approximate surface area is 545 Å². The first-order chi connectivity index (χ1) is 40.7. The van der Waals surface area contributed by atoms with Crippen molar-refractivity contribution in [2.24, 2.45) is 0 Å². The third kappa shape index (κ3) is 86.9. The summed E-state index contributed by atoms with van der Waals surface area (Å²) < 4.78 is 0. The van der Waals surface area contributed by atoms with Gasteiger partial charge in [-0.15, -0.1) is 0 Å². The van der Waals surface area contributed by atoms with Gasteiger partial charge in [-0.25, -0.2) is 0 Å². The van der Waals surface area contributed by atoms with Crippen LogP contribution in [0.15, 0.2) is 0 Å². The largest absolute Gasteiger partial charge is 0.547 e. The van der Waals surface area contributed by atoms with Crippen molar-refractivity contribution < 1.29 is 60.0 Å². The number of carboxylic acids is 4. The Kier molecular flexibility index (Phi) is 87.6. The molecule has 4 atom stereocenters. The van der Waals surface area contributed by atoms with Crippen LogP contribution >= 0.6 is 0 Å². The molecule has 13 heteroatoms. The summed E-state index contributed by atoms with van der Waals surface area (Å²) in [5, 5.41) is 77.4. The van der Waals surface area contributed by atoms with Gasteiger partial charge in [0.05, 0.1) is 48.3 Å². The summed E-state index contributed by atoms with van der Waals surface area (Å²) >= 11 is 0. The molecule has 0 amide bonds. The van der Waals surface area contributed by atoms with E-state index in [0.717, 1.165) is 77.0 Å². The molecule has 508 valence electrons. The van der Waals surface area contributed by atoms with Crippen molar-refractivity contribution in [2.45, 2.75) is 437 Å². The van der Waals surface area contributed by atoms with Crippen molar-refractivity contribution in [3.8, 4) is 0 Å². The molecule has 0 aliphatic heterocycles. The number of hydrogen-bond acceptors (Lipinski definition) is 12. The van der Waals surface area contributed by atoms with E-state index in [4.69, 9.17) is 20.4 Å². The van der Waals surface area contributed by atoms with Gasteiger partial charge < -0.3 is 60.0 Å². The first kappa shape index (κ1) is 92.4. The standard InChI is InChI=1S/4C18H36O3.Pb/c4*1-2-3-4-5-6-7-8-9-10-11-12-13-14-15-16-17(19)18(20)21;/h4*17,19H,2-16H2,1H3,(H,20,21);/p-4. The number of carbonyl (C=O) groups is 4. The van der Waals surface area contributed by atoms with Crippen molar-refractivity contribution in [3.63, 3.8) is 0 Å². The fourth-order valence-corrected chi connectivity index (χ4v) is 10.6. The van der Waals surface area contributed by atoms with Gasteiger partial charge in [-0.1, -0.05) is 387 Å². The fourth-order valence-electron chi connectivity index (χ4n) is 10.6. The zero-order valence-corrected chi connectivity index (χ0v) is 60.2. The molecule has 4 radical (unpaired) electrons. The average molecular weight is 1410 g/mol. The molecule has 0 aromatic heterocycles. The third-order valence-electron chi connectivity index (χ3n) is 16.4. The second kappa shape index (κ2) is 80.7. The quantitative estimate of drug-likeness (QED) is 0.0328. The van der Waals surface area contributed by atoms with Crippen LogP contribution in [0.2, 0.25) is 0 Å². The zero-order chi connectivity index (χ0) is 63.0. The third-order valence-corrected chi connectivity index (χ3v) is 16.4. The maximum Gasteiger partial charge on any atom is 0.0933 e. The van der Waals surface area contributed by atoms with Crippen LogP contribution in [0.25, 0.3) is 0 Å². The molecule has 0 saturated carbocycles. The second-order valence-electron chi connectivity index (χ2n) is 24.9. The average Bonchev–Trinajstić information content (AvgIpc) is 3.47. The maximum absolute atomic E-state index is 10.3. The Hall–Kier alpha value is -1.36. The molecule has 12 nitrogen and oxygen atoms in total. The molecule has 0 aromatic carbocycles. The molecule has 0 aromatic rings. The van der Waals surface area contributed by atoms with Crippen molar-refractivity contribution >= 4 is 51.2 Å². The molecule has 0 fully saturated rings. The minimum atomic E-state index is -1.34. The normalized spacial score (nSPS) is 12.3. The summed E-state index contributed by atoms with van der Waals surface area (Å²) in [6.45, 7) is 9.02. The topological polar surface area (TPSA) is 241 Å². The number of aliphatic carboxylic acids is 4. The van der Waals surface area contributed by atoms with Crippen LogP contribution in [0.1, 0.15) is 413 Å². The molecule has 0 bridgehead atoms. The van der Waals surface area contributed by atoms with Crippen molar-refractivity contribution in [1.29, 1.82) is 0 Å². The number of aliphatic hydroxyl groups excluding tert-OH is 4. The maximum atomic E-state index is 10.3. The van der Waals surface area contributed by atoms with Gasteiger partial charge in [0.1, 0.15) is 0 Å². The molecule has 0 aliphatic carbocycles. The molecule has 4 N–H and O–H groups in total. The van der Waals surface area contributed by atoms with Gasteiger partial charge in [-0.3, -0.25) is 0 Å². The second-order valence-corrected chi connectivity index (χ2v) is 24.9. The summed E-state index contributed by atoms with van der Waals surface area (Å²) in [5.74, 6) is -5.37. The number of unbranched alkanes of at least 4 members (excludes halogenated alkanes) is 52. The fraction of sp³-hybridized carbons (Fsp3) is 0.944. The van der Waals surface area contributed by atoms with E-state index >= 15 is 0 Å². The SMILES string of the molecule is CCCCCCCCCCCCCCCCC(O)C(=O)[O-].CCCCCCCCCCCCCCCCC(O)C(=O)[O-].CCCCCCCCCCCCCCCCC(O)C(=O)[O-].CCCCCCCCCCCCCCCCC(O)C(=O)[O-].[Pb]. The molecular weight excluding hydrogens is 1260 g/mol. The smallest absolute Gasteiger partial charge is 0.0933 e. The van der Waals surface area contributed by atoms with E-state index < -0.39 is 48.3 Å². The predicted molar refractivity (Wildman–Crippen MR) is 350 cm³/mol. The van der Waals surface area contributed by atoms with E-state index in [1.54, 1.807) is 0 Å². The Bertz CT molecular complexity index is 1110. The van der Waals surface area contributed by atoms with E-state index in [2.05, 4.69) is 27.7 Å². The number of carbonyl (C=O) groups excluding carboxylic acids is 4. The van der Waals surface area contributed by atoms with Crippen molar-refractivity contribution in [2.75, 3.05) is 0 Å². The van der Waals surface area contributed by atoms with Gasteiger partial charge >= 0.3 is 0 Å². The summed E-state index contributed by atoms with van der Waals surface area (Å²) in [6, 6.07) is 0. The van der Waals surface area contributed by atoms with Crippen molar-refractivity contribution in [3.05, 3.63) is 0 Å². The Morgan fingerprint density at radius 3 is 0.365 bits per heavy atom. The number of hydrogen-bond donors (Lipinski definition) is 4. The van der Waals surface area contributed by atoms with Crippen molar-refractivity contribution in [1.82, 2.24) is 0 Å². The van der Waals surface area contributed by atoms with Crippen LogP contribution in [0.4, 0.5) is 0 Å². The van der Waals surface area contributed by atoms with E-state index in [1.165, 1.54) is 283 Å². The van der Waals surface area contributed by atoms with Crippen LogP contribution in [0, 0.1) is 0 Å². The van der Waals surface area contributed by atoms with Gasteiger partial charge in [-0.2, -0.15) is 0 Å². The summed E-state index contributed by atoms with van der Waals surface area (Å²) in [7, 11) is 0. The van der Waals surface area contributed by atoms with Crippen LogP contribution in [0.5, 0.6) is 0 Å². The van der Waals surface area contributed by atoms with Gasteiger partial charge in [0, 0.05) is 27.3 Å². The van der Waals surface area contributed by atoms with E-state index in [1.807, 2.05) is 0 Å². The van der Waals surface area contributed by atoms with Gasteiger partial charge in [0.25, 0.3) is 0 Å². The first-order valence-corrected chi connectivity index (χ1v) is 36.3. The number of aliphatic hydroxyl groups is 4. The van der Waals surface area contributed by atoms with Crippen LogP contribution < -0.4 is 20.4 Å². The van der Waals surface area contributed by atoms with E-state index in [-0.39, 0.29) is 27.3 Å². The molecular formula is C72H140O12Pb-4. The van der Waals surface area contributed by atoms with E-state index in [9.17, 15) is 39.6 Å².